The molecule has 0 bridgehead atoms. The van der Waals surface area contributed by atoms with Gasteiger partial charge in [-0.1, -0.05) is 6.07 Å². The van der Waals surface area contributed by atoms with Crippen molar-refractivity contribution < 1.29 is 22.8 Å². The summed E-state index contributed by atoms with van der Waals surface area (Å²) in [5.41, 5.74) is 2.32. The second kappa shape index (κ2) is 9.47. The summed E-state index contributed by atoms with van der Waals surface area (Å²) in [5, 5.41) is 5.09. The summed E-state index contributed by atoms with van der Waals surface area (Å²) in [6.45, 7) is 1.90. The molecule has 0 aliphatic carbocycles. The van der Waals surface area contributed by atoms with Crippen molar-refractivity contribution in [2.45, 2.75) is 13.1 Å². The topological polar surface area (TPSA) is 106 Å². The summed E-state index contributed by atoms with van der Waals surface area (Å²) in [6, 6.07) is 8.16. The van der Waals surface area contributed by atoms with Crippen LogP contribution < -0.4 is 10.6 Å². The molecule has 5 aromatic rings. The SMILES string of the molecule is CNC(=O)c1cn(-c2cc(C(=O)Nc3ccc(C)c(-c4cnc5cnccn45)c3)cc(C(F)(F)F)c2)cn1. The number of aryl methyl sites for hydroxylation is 1. The van der Waals surface area contributed by atoms with E-state index in [9.17, 15) is 22.8 Å². The number of hydrogen-bond donors (Lipinski definition) is 2. The van der Waals surface area contributed by atoms with Gasteiger partial charge in [-0.15, -0.1) is 0 Å². The number of aromatic nitrogens is 5. The zero-order valence-corrected chi connectivity index (χ0v) is 20.1. The maximum Gasteiger partial charge on any atom is 0.416 e. The van der Waals surface area contributed by atoms with Gasteiger partial charge in [0, 0.05) is 48.1 Å². The number of rotatable bonds is 5. The number of alkyl halides is 3. The Labute approximate surface area is 214 Å². The molecule has 5 rings (SSSR count). The standard InChI is InChI=1S/C26H20F3N7O2/c1-15-3-4-18(10-20(15)22-11-32-23-12-31-5-6-36(22)23)34-24(37)16-7-17(26(27,28)29)9-19(8-16)35-13-21(33-14-35)25(38)30-2/h3-14H,1-2H3,(H,30,38)(H,34,37). The number of fused-ring (bicyclic) bond motifs is 1. The highest BCUT2D eigenvalue weighted by Gasteiger charge is 2.32. The number of nitrogens with zero attached hydrogens (tertiary/aromatic N) is 5. The van der Waals surface area contributed by atoms with Crippen LogP contribution in [0.3, 0.4) is 0 Å². The molecule has 0 radical (unpaired) electrons. The fourth-order valence-corrected chi connectivity index (χ4v) is 3.98. The summed E-state index contributed by atoms with van der Waals surface area (Å²) in [6.07, 6.45) is 4.48. The summed E-state index contributed by atoms with van der Waals surface area (Å²) in [7, 11) is 1.41. The number of amides is 2. The largest absolute Gasteiger partial charge is 0.416 e. The van der Waals surface area contributed by atoms with Gasteiger partial charge >= 0.3 is 6.18 Å². The quantitative estimate of drug-likeness (QED) is 0.355. The first-order chi connectivity index (χ1) is 18.1. The van der Waals surface area contributed by atoms with Gasteiger partial charge in [0.25, 0.3) is 11.8 Å². The van der Waals surface area contributed by atoms with Crippen molar-refractivity contribution in [1.29, 1.82) is 0 Å². The van der Waals surface area contributed by atoms with Crippen molar-refractivity contribution in [3.63, 3.8) is 0 Å². The van der Waals surface area contributed by atoms with Crippen LogP contribution in [0.15, 0.2) is 73.7 Å². The number of carbonyl (C=O) groups is 2. The Morgan fingerprint density at radius 3 is 2.58 bits per heavy atom. The van der Waals surface area contributed by atoms with Crippen LogP contribution in [0.5, 0.6) is 0 Å². The number of benzene rings is 2. The number of carbonyl (C=O) groups excluding carboxylic acids is 2. The van der Waals surface area contributed by atoms with E-state index in [1.165, 1.54) is 30.2 Å². The predicted octanol–water partition coefficient (Wildman–Crippen LogP) is 4.52. The highest BCUT2D eigenvalue weighted by Crippen LogP contribution is 2.32. The highest BCUT2D eigenvalue weighted by molar-refractivity contribution is 6.05. The van der Waals surface area contributed by atoms with Gasteiger partial charge in [-0.25, -0.2) is 9.97 Å². The van der Waals surface area contributed by atoms with Crippen molar-refractivity contribution in [2.75, 3.05) is 12.4 Å². The first-order valence-corrected chi connectivity index (χ1v) is 11.3. The Kier molecular flexibility index (Phi) is 6.15. The molecule has 0 saturated carbocycles. The molecule has 0 aliphatic heterocycles. The molecule has 3 aromatic heterocycles. The van der Waals surface area contributed by atoms with Crippen molar-refractivity contribution in [3.05, 3.63) is 96.1 Å². The van der Waals surface area contributed by atoms with E-state index in [-0.39, 0.29) is 16.9 Å². The Morgan fingerprint density at radius 2 is 1.82 bits per heavy atom. The van der Waals surface area contributed by atoms with Crippen LogP contribution in [0.2, 0.25) is 0 Å². The lowest BCUT2D eigenvalue weighted by molar-refractivity contribution is -0.137. The Hall–Kier alpha value is -5.00. The van der Waals surface area contributed by atoms with Crippen molar-refractivity contribution >= 4 is 23.1 Å². The van der Waals surface area contributed by atoms with Crippen LogP contribution in [0.25, 0.3) is 22.6 Å². The van der Waals surface area contributed by atoms with Crippen molar-refractivity contribution in [3.8, 4) is 16.9 Å². The zero-order valence-electron chi connectivity index (χ0n) is 20.1. The van der Waals surface area contributed by atoms with Gasteiger partial charge in [0.05, 0.1) is 23.7 Å². The number of hydrogen-bond acceptors (Lipinski definition) is 5. The molecule has 2 aromatic carbocycles. The highest BCUT2D eigenvalue weighted by atomic mass is 19.4. The monoisotopic (exact) mass is 519 g/mol. The summed E-state index contributed by atoms with van der Waals surface area (Å²) in [4.78, 5) is 37.3. The molecule has 0 atom stereocenters. The van der Waals surface area contributed by atoms with Crippen LogP contribution in [0.4, 0.5) is 18.9 Å². The second-order valence-electron chi connectivity index (χ2n) is 8.44. The van der Waals surface area contributed by atoms with Crippen LogP contribution in [0.1, 0.15) is 32.0 Å². The Bertz CT molecular complexity index is 1690. The molecule has 0 aliphatic rings. The molecule has 192 valence electrons. The van der Waals surface area contributed by atoms with Gasteiger partial charge in [0.1, 0.15) is 12.0 Å². The summed E-state index contributed by atoms with van der Waals surface area (Å²) >= 11 is 0. The molecule has 2 N–H and O–H groups in total. The van der Waals surface area contributed by atoms with E-state index < -0.39 is 23.6 Å². The average molecular weight is 519 g/mol. The van der Waals surface area contributed by atoms with E-state index in [1.54, 1.807) is 43.0 Å². The van der Waals surface area contributed by atoms with Gasteiger partial charge in [0.15, 0.2) is 5.65 Å². The maximum atomic E-state index is 13.7. The van der Waals surface area contributed by atoms with Gasteiger partial charge in [-0.3, -0.25) is 19.0 Å². The smallest absolute Gasteiger partial charge is 0.354 e. The molecule has 9 nitrogen and oxygen atoms in total. The van der Waals surface area contributed by atoms with Crippen molar-refractivity contribution in [2.24, 2.45) is 0 Å². The number of nitrogens with one attached hydrogen (secondary N) is 2. The summed E-state index contributed by atoms with van der Waals surface area (Å²) < 4.78 is 44.2. The van der Waals surface area contributed by atoms with Gasteiger partial charge < -0.3 is 15.2 Å². The van der Waals surface area contributed by atoms with Crippen molar-refractivity contribution in [1.82, 2.24) is 29.2 Å². The summed E-state index contributed by atoms with van der Waals surface area (Å²) in [5.74, 6) is -1.23. The molecular formula is C26H20F3N7O2. The molecule has 3 heterocycles. The van der Waals surface area contributed by atoms with Gasteiger partial charge in [-0.05, 0) is 42.8 Å². The van der Waals surface area contributed by atoms with E-state index in [2.05, 4.69) is 25.6 Å². The number of halogens is 3. The van der Waals surface area contributed by atoms with Crippen LogP contribution >= 0.6 is 0 Å². The van der Waals surface area contributed by atoms with Crippen LogP contribution in [-0.2, 0) is 6.18 Å². The van der Waals surface area contributed by atoms with E-state index >= 15 is 0 Å². The molecule has 12 heteroatoms. The Morgan fingerprint density at radius 1 is 1.00 bits per heavy atom. The fourth-order valence-electron chi connectivity index (χ4n) is 3.98. The molecule has 0 unspecified atom stereocenters. The lowest BCUT2D eigenvalue weighted by Gasteiger charge is -2.14. The second-order valence-corrected chi connectivity index (χ2v) is 8.44. The van der Waals surface area contributed by atoms with E-state index in [1.807, 2.05) is 11.3 Å². The van der Waals surface area contributed by atoms with E-state index in [0.29, 0.717) is 11.3 Å². The molecule has 0 spiro atoms. The van der Waals surface area contributed by atoms with Gasteiger partial charge in [-0.2, -0.15) is 13.2 Å². The Balaban J connectivity index is 1.50. The first-order valence-electron chi connectivity index (χ1n) is 11.3. The first kappa shape index (κ1) is 24.7. The normalized spacial score (nSPS) is 11.5. The van der Waals surface area contributed by atoms with E-state index in [4.69, 9.17) is 0 Å². The minimum absolute atomic E-state index is 0.0197. The van der Waals surface area contributed by atoms with Crippen LogP contribution in [0, 0.1) is 6.92 Å². The predicted molar refractivity (Wildman–Crippen MR) is 133 cm³/mol. The molecule has 0 saturated heterocycles. The molecule has 0 fully saturated rings. The fraction of sp³-hybridized carbons (Fsp3) is 0.115. The van der Waals surface area contributed by atoms with Gasteiger partial charge in [0.2, 0.25) is 0 Å². The third-order valence-electron chi connectivity index (χ3n) is 5.94. The lowest BCUT2D eigenvalue weighted by atomic mass is 10.0. The number of imidazole rings is 2. The maximum absolute atomic E-state index is 13.7. The minimum atomic E-state index is -4.70. The zero-order chi connectivity index (χ0) is 27.0. The third kappa shape index (κ3) is 4.71. The van der Waals surface area contributed by atoms with Crippen LogP contribution in [-0.4, -0.2) is 42.8 Å². The number of anilines is 1. The van der Waals surface area contributed by atoms with E-state index in [0.717, 1.165) is 29.0 Å². The lowest BCUT2D eigenvalue weighted by Crippen LogP contribution is -2.18. The average Bonchev–Trinajstić information content (AvgIpc) is 3.56. The minimum Gasteiger partial charge on any atom is -0.354 e. The third-order valence-corrected chi connectivity index (χ3v) is 5.94. The molecule has 2 amide bonds. The molecule has 38 heavy (non-hydrogen) atoms. The molecular weight excluding hydrogens is 499 g/mol.